The molecule has 0 unspecified atom stereocenters. The Hall–Kier alpha value is -3.00. The Kier molecular flexibility index (Phi) is 4.97. The van der Waals surface area contributed by atoms with Gasteiger partial charge in [-0.2, -0.15) is 5.10 Å². The molecule has 2 saturated heterocycles. The molecular weight excluding hydrogens is 346 g/mol. The summed E-state index contributed by atoms with van der Waals surface area (Å²) in [6.07, 6.45) is 2.46. The minimum atomic E-state index is -0.123. The quantitative estimate of drug-likeness (QED) is 0.821. The second kappa shape index (κ2) is 7.71. The summed E-state index contributed by atoms with van der Waals surface area (Å²) in [5.74, 6) is 0.541. The van der Waals surface area contributed by atoms with Crippen molar-refractivity contribution in [2.24, 2.45) is 5.92 Å². The molecule has 140 valence electrons. The molecule has 0 radical (unpaired) electrons. The molecule has 0 saturated carbocycles. The van der Waals surface area contributed by atoms with Crippen molar-refractivity contribution < 1.29 is 14.3 Å². The van der Waals surface area contributed by atoms with Gasteiger partial charge in [0.2, 0.25) is 5.91 Å². The number of nitrogens with one attached hydrogen (secondary N) is 2. The summed E-state index contributed by atoms with van der Waals surface area (Å²) in [7, 11) is 0. The van der Waals surface area contributed by atoms with Gasteiger partial charge < -0.3 is 20.3 Å². The van der Waals surface area contributed by atoms with E-state index in [1.54, 1.807) is 30.5 Å². The fourth-order valence-corrected chi connectivity index (χ4v) is 3.16. The Morgan fingerprint density at radius 2 is 1.96 bits per heavy atom. The molecule has 2 aliphatic heterocycles. The lowest BCUT2D eigenvalue weighted by Crippen LogP contribution is -2.52. The van der Waals surface area contributed by atoms with E-state index in [4.69, 9.17) is 4.74 Å². The largest absolute Gasteiger partial charge is 0.379 e. The summed E-state index contributed by atoms with van der Waals surface area (Å²) in [6.45, 7) is 2.49. The van der Waals surface area contributed by atoms with Crippen LogP contribution in [0.3, 0.4) is 0 Å². The monoisotopic (exact) mass is 367 g/mol. The molecule has 0 aliphatic carbocycles. The van der Waals surface area contributed by atoms with Crippen molar-refractivity contribution in [3.05, 3.63) is 48.2 Å². The Bertz CT molecular complexity index is 800. The van der Waals surface area contributed by atoms with E-state index in [2.05, 4.69) is 20.8 Å². The highest BCUT2D eigenvalue weighted by Crippen LogP contribution is 2.23. The second-order valence-electron chi connectivity index (χ2n) is 6.78. The molecule has 27 heavy (non-hydrogen) atoms. The number of ether oxygens (including phenoxy) is 1. The van der Waals surface area contributed by atoms with Gasteiger partial charge in [-0.05, 0) is 42.8 Å². The van der Waals surface area contributed by atoms with Crippen molar-refractivity contribution in [3.8, 4) is 0 Å². The summed E-state index contributed by atoms with van der Waals surface area (Å²) in [5, 5.41) is 13.7. The zero-order valence-electron chi connectivity index (χ0n) is 14.8. The maximum atomic E-state index is 12.4. The Morgan fingerprint density at radius 3 is 2.63 bits per heavy atom. The van der Waals surface area contributed by atoms with Gasteiger partial charge in [-0.1, -0.05) is 0 Å². The molecule has 2 aliphatic rings. The van der Waals surface area contributed by atoms with Crippen LogP contribution in [0.4, 0.5) is 11.5 Å². The van der Waals surface area contributed by atoms with Crippen molar-refractivity contribution in [2.45, 2.75) is 12.5 Å². The normalized spacial score (nSPS) is 19.4. The zero-order valence-corrected chi connectivity index (χ0v) is 14.8. The van der Waals surface area contributed by atoms with E-state index in [1.165, 1.54) is 0 Å². The minimum Gasteiger partial charge on any atom is -0.379 e. The first-order chi connectivity index (χ1) is 13.2. The highest BCUT2D eigenvalue weighted by atomic mass is 16.5. The molecule has 2 N–H and O–H groups in total. The van der Waals surface area contributed by atoms with E-state index in [1.807, 2.05) is 17.0 Å². The lowest BCUT2D eigenvalue weighted by atomic mass is 9.99. The molecule has 8 heteroatoms. The van der Waals surface area contributed by atoms with E-state index in [0.29, 0.717) is 37.6 Å². The molecule has 3 heterocycles. The SMILES string of the molecule is O=C(N[C@H]1CCOC1)c1ccc(NC(=O)C2CN(c3cccnn3)C2)cc1. The van der Waals surface area contributed by atoms with Crippen LogP contribution in [-0.4, -0.2) is 54.4 Å². The van der Waals surface area contributed by atoms with Gasteiger partial charge in [0.1, 0.15) is 0 Å². The zero-order chi connectivity index (χ0) is 18.6. The molecule has 2 aromatic rings. The number of carbonyl (C=O) groups is 2. The summed E-state index contributed by atoms with van der Waals surface area (Å²) < 4.78 is 5.26. The van der Waals surface area contributed by atoms with Crippen LogP contribution in [0.15, 0.2) is 42.6 Å². The summed E-state index contributed by atoms with van der Waals surface area (Å²) in [4.78, 5) is 26.6. The average Bonchev–Trinajstić information content (AvgIpc) is 3.15. The van der Waals surface area contributed by atoms with Crippen molar-refractivity contribution >= 4 is 23.3 Å². The molecule has 8 nitrogen and oxygen atoms in total. The van der Waals surface area contributed by atoms with Crippen molar-refractivity contribution in [2.75, 3.05) is 36.5 Å². The fourth-order valence-electron chi connectivity index (χ4n) is 3.16. The number of carbonyl (C=O) groups excluding carboxylic acids is 2. The number of rotatable bonds is 5. The summed E-state index contributed by atoms with van der Waals surface area (Å²) in [6, 6.07) is 10.7. The molecule has 1 atom stereocenters. The first-order valence-electron chi connectivity index (χ1n) is 9.01. The number of aromatic nitrogens is 2. The predicted octanol–water partition coefficient (Wildman–Crippen LogP) is 1.07. The first kappa shape index (κ1) is 17.4. The van der Waals surface area contributed by atoms with Gasteiger partial charge in [0.25, 0.3) is 5.91 Å². The van der Waals surface area contributed by atoms with Crippen molar-refractivity contribution in [1.29, 1.82) is 0 Å². The molecule has 0 bridgehead atoms. The number of amides is 2. The lowest BCUT2D eigenvalue weighted by molar-refractivity contribution is -0.120. The van der Waals surface area contributed by atoms with Crippen molar-refractivity contribution in [3.63, 3.8) is 0 Å². The Labute approximate surface area is 156 Å². The van der Waals surface area contributed by atoms with Crippen LogP contribution in [0.1, 0.15) is 16.8 Å². The van der Waals surface area contributed by atoms with Gasteiger partial charge in [-0.25, -0.2) is 0 Å². The smallest absolute Gasteiger partial charge is 0.251 e. The maximum absolute atomic E-state index is 12.4. The van der Waals surface area contributed by atoms with Crippen molar-refractivity contribution in [1.82, 2.24) is 15.5 Å². The molecular formula is C19H21N5O3. The van der Waals surface area contributed by atoms with Crippen LogP contribution in [0.2, 0.25) is 0 Å². The van der Waals surface area contributed by atoms with E-state index in [-0.39, 0.29) is 23.8 Å². The minimum absolute atomic E-state index is 0.0320. The number of anilines is 2. The third kappa shape index (κ3) is 4.06. The lowest BCUT2D eigenvalue weighted by Gasteiger charge is -2.38. The van der Waals surface area contributed by atoms with Gasteiger partial charge >= 0.3 is 0 Å². The van der Waals surface area contributed by atoms with Gasteiger partial charge in [-0.15, -0.1) is 5.10 Å². The van der Waals surface area contributed by atoms with Gasteiger partial charge in [0.05, 0.1) is 18.6 Å². The number of hydrogen-bond acceptors (Lipinski definition) is 6. The van der Waals surface area contributed by atoms with Crippen LogP contribution in [0, 0.1) is 5.92 Å². The third-order valence-corrected chi connectivity index (χ3v) is 4.81. The molecule has 1 aromatic heterocycles. The topological polar surface area (TPSA) is 96.5 Å². The molecule has 0 spiro atoms. The van der Waals surface area contributed by atoms with E-state index in [9.17, 15) is 9.59 Å². The van der Waals surface area contributed by atoms with Gasteiger partial charge in [0.15, 0.2) is 5.82 Å². The first-order valence-corrected chi connectivity index (χ1v) is 9.01. The highest BCUT2D eigenvalue weighted by molar-refractivity contribution is 5.97. The summed E-state index contributed by atoms with van der Waals surface area (Å²) >= 11 is 0. The highest BCUT2D eigenvalue weighted by Gasteiger charge is 2.33. The van der Waals surface area contributed by atoms with Crippen LogP contribution >= 0.6 is 0 Å². The van der Waals surface area contributed by atoms with Crippen LogP contribution in [0.5, 0.6) is 0 Å². The van der Waals surface area contributed by atoms with Gasteiger partial charge in [0, 0.05) is 37.1 Å². The fraction of sp³-hybridized carbons (Fsp3) is 0.368. The van der Waals surface area contributed by atoms with E-state index < -0.39 is 0 Å². The van der Waals surface area contributed by atoms with E-state index >= 15 is 0 Å². The summed E-state index contributed by atoms with van der Waals surface area (Å²) in [5.41, 5.74) is 1.25. The number of hydrogen-bond donors (Lipinski definition) is 2. The predicted molar refractivity (Wildman–Crippen MR) is 99.5 cm³/mol. The number of benzene rings is 1. The Balaban J connectivity index is 1.27. The molecule has 2 fully saturated rings. The molecule has 1 aromatic carbocycles. The van der Waals surface area contributed by atoms with Crippen LogP contribution in [-0.2, 0) is 9.53 Å². The Morgan fingerprint density at radius 1 is 1.15 bits per heavy atom. The van der Waals surface area contributed by atoms with Crippen LogP contribution < -0.4 is 15.5 Å². The van der Waals surface area contributed by atoms with Gasteiger partial charge in [-0.3, -0.25) is 9.59 Å². The maximum Gasteiger partial charge on any atom is 0.251 e. The molecule has 4 rings (SSSR count). The average molecular weight is 367 g/mol. The number of nitrogens with zero attached hydrogens (tertiary/aromatic N) is 3. The third-order valence-electron chi connectivity index (χ3n) is 4.81. The standard InChI is InChI=1S/C19H21N5O3/c25-18(22-16-7-9-27-12-16)13-3-5-15(6-4-13)21-19(26)14-10-24(11-14)17-2-1-8-20-23-17/h1-6,8,14,16H,7,9-12H2,(H,21,26)(H,22,25)/t16-/m0/s1. The molecule has 2 amide bonds. The second-order valence-corrected chi connectivity index (χ2v) is 6.78. The van der Waals surface area contributed by atoms with Crippen LogP contribution in [0.25, 0.3) is 0 Å². The van der Waals surface area contributed by atoms with E-state index in [0.717, 1.165) is 12.2 Å².